The Hall–Kier alpha value is -1.55. The number of carbonyl (C=O) groups is 1. The van der Waals surface area contributed by atoms with E-state index in [0.717, 1.165) is 24.8 Å². The molecular formula is C15H21NO3. The second-order valence-electron chi connectivity index (χ2n) is 5.36. The van der Waals surface area contributed by atoms with Crippen LogP contribution in [0.4, 0.5) is 0 Å². The van der Waals surface area contributed by atoms with Gasteiger partial charge < -0.3 is 15.2 Å². The average molecular weight is 263 g/mol. The minimum absolute atomic E-state index is 0.0403. The van der Waals surface area contributed by atoms with Gasteiger partial charge in [0.2, 0.25) is 0 Å². The SMILES string of the molecule is Cc1cccc(OCC(=O)NCC2(CCO)CC2)c1. The molecule has 2 rings (SSSR count). The maximum atomic E-state index is 11.7. The summed E-state index contributed by atoms with van der Waals surface area (Å²) in [6.07, 6.45) is 2.95. The summed E-state index contributed by atoms with van der Waals surface area (Å²) in [5, 5.41) is 11.8. The van der Waals surface area contributed by atoms with Crippen molar-refractivity contribution in [2.75, 3.05) is 19.8 Å². The van der Waals surface area contributed by atoms with Crippen molar-refractivity contribution < 1.29 is 14.6 Å². The lowest BCUT2D eigenvalue weighted by Crippen LogP contribution is -2.34. The monoisotopic (exact) mass is 263 g/mol. The third-order valence-corrected chi connectivity index (χ3v) is 3.62. The highest BCUT2D eigenvalue weighted by Crippen LogP contribution is 2.47. The molecule has 0 aromatic heterocycles. The molecule has 1 amide bonds. The van der Waals surface area contributed by atoms with Gasteiger partial charge in [-0.25, -0.2) is 0 Å². The van der Waals surface area contributed by atoms with Gasteiger partial charge in [-0.1, -0.05) is 12.1 Å². The van der Waals surface area contributed by atoms with Gasteiger partial charge in [0.1, 0.15) is 5.75 Å². The normalized spacial score (nSPS) is 15.9. The molecule has 1 fully saturated rings. The molecule has 0 aliphatic heterocycles. The predicted molar refractivity (Wildman–Crippen MR) is 73.1 cm³/mol. The molecule has 0 spiro atoms. The first-order chi connectivity index (χ1) is 9.13. The first-order valence-corrected chi connectivity index (χ1v) is 6.71. The highest BCUT2D eigenvalue weighted by molar-refractivity contribution is 5.77. The van der Waals surface area contributed by atoms with E-state index in [1.54, 1.807) is 0 Å². The topological polar surface area (TPSA) is 58.6 Å². The van der Waals surface area contributed by atoms with Crippen molar-refractivity contribution in [3.63, 3.8) is 0 Å². The van der Waals surface area contributed by atoms with Crippen molar-refractivity contribution >= 4 is 5.91 Å². The number of aliphatic hydroxyl groups excluding tert-OH is 1. The molecule has 1 aliphatic rings. The molecule has 1 aromatic rings. The number of rotatable bonds is 7. The third-order valence-electron chi connectivity index (χ3n) is 3.62. The highest BCUT2D eigenvalue weighted by atomic mass is 16.5. The molecule has 104 valence electrons. The van der Waals surface area contributed by atoms with Crippen LogP contribution in [0.5, 0.6) is 5.75 Å². The molecule has 2 N–H and O–H groups in total. The van der Waals surface area contributed by atoms with Crippen LogP contribution in [0, 0.1) is 12.3 Å². The van der Waals surface area contributed by atoms with E-state index in [4.69, 9.17) is 9.84 Å². The molecule has 0 bridgehead atoms. The van der Waals surface area contributed by atoms with Crippen molar-refractivity contribution in [2.24, 2.45) is 5.41 Å². The van der Waals surface area contributed by atoms with E-state index in [2.05, 4.69) is 5.32 Å². The highest BCUT2D eigenvalue weighted by Gasteiger charge is 2.41. The lowest BCUT2D eigenvalue weighted by atomic mass is 10.0. The fourth-order valence-electron chi connectivity index (χ4n) is 2.12. The quantitative estimate of drug-likeness (QED) is 0.786. The summed E-state index contributed by atoms with van der Waals surface area (Å²) in [4.78, 5) is 11.7. The van der Waals surface area contributed by atoms with Gasteiger partial charge in [0.25, 0.3) is 5.91 Å². The van der Waals surface area contributed by atoms with Crippen LogP contribution in [0.25, 0.3) is 0 Å². The van der Waals surface area contributed by atoms with Crippen LogP contribution < -0.4 is 10.1 Å². The summed E-state index contributed by atoms with van der Waals surface area (Å²) >= 11 is 0. The molecule has 4 heteroatoms. The van der Waals surface area contributed by atoms with Crippen molar-refractivity contribution in [3.8, 4) is 5.75 Å². The van der Waals surface area contributed by atoms with Crippen LogP contribution in [0.1, 0.15) is 24.8 Å². The Labute approximate surface area is 113 Å². The molecule has 0 heterocycles. The molecule has 0 radical (unpaired) electrons. The second kappa shape index (κ2) is 6.06. The van der Waals surface area contributed by atoms with Gasteiger partial charge in [-0.05, 0) is 49.3 Å². The van der Waals surface area contributed by atoms with Crippen molar-refractivity contribution in [2.45, 2.75) is 26.2 Å². The van der Waals surface area contributed by atoms with Crippen LogP contribution >= 0.6 is 0 Å². The molecule has 0 saturated heterocycles. The minimum Gasteiger partial charge on any atom is -0.484 e. The maximum Gasteiger partial charge on any atom is 0.257 e. The van der Waals surface area contributed by atoms with Crippen molar-refractivity contribution in [1.82, 2.24) is 5.32 Å². The summed E-state index contributed by atoms with van der Waals surface area (Å²) < 4.78 is 5.43. The Morgan fingerprint density at radius 3 is 2.89 bits per heavy atom. The Kier molecular flexibility index (Phi) is 4.43. The lowest BCUT2D eigenvalue weighted by molar-refractivity contribution is -0.123. The fraction of sp³-hybridized carbons (Fsp3) is 0.533. The van der Waals surface area contributed by atoms with Crippen molar-refractivity contribution in [3.05, 3.63) is 29.8 Å². The van der Waals surface area contributed by atoms with Gasteiger partial charge in [0.15, 0.2) is 6.61 Å². The summed E-state index contributed by atoms with van der Waals surface area (Å²) in [5.74, 6) is 0.609. The second-order valence-corrected chi connectivity index (χ2v) is 5.36. The summed E-state index contributed by atoms with van der Waals surface area (Å²) in [6.45, 7) is 2.86. The summed E-state index contributed by atoms with van der Waals surface area (Å²) in [5.41, 5.74) is 1.26. The van der Waals surface area contributed by atoms with Gasteiger partial charge in [0.05, 0.1) is 0 Å². The first kappa shape index (κ1) is 13.9. The molecule has 4 nitrogen and oxygen atoms in total. The Morgan fingerprint density at radius 1 is 1.47 bits per heavy atom. The number of nitrogens with one attached hydrogen (secondary N) is 1. The van der Waals surface area contributed by atoms with E-state index in [0.29, 0.717) is 12.3 Å². The van der Waals surface area contributed by atoms with Crippen LogP contribution in [0.15, 0.2) is 24.3 Å². The largest absolute Gasteiger partial charge is 0.484 e. The zero-order valence-corrected chi connectivity index (χ0v) is 11.3. The van der Waals surface area contributed by atoms with Gasteiger partial charge >= 0.3 is 0 Å². The van der Waals surface area contributed by atoms with Gasteiger partial charge in [-0.3, -0.25) is 4.79 Å². The third kappa shape index (κ3) is 4.24. The maximum absolute atomic E-state index is 11.7. The molecule has 1 saturated carbocycles. The zero-order chi connectivity index (χ0) is 13.7. The molecule has 1 aromatic carbocycles. The minimum atomic E-state index is -0.106. The molecule has 0 unspecified atom stereocenters. The van der Waals surface area contributed by atoms with E-state index < -0.39 is 0 Å². The molecule has 1 aliphatic carbocycles. The predicted octanol–water partition coefficient (Wildman–Crippen LogP) is 1.65. The molecular weight excluding hydrogens is 242 g/mol. The van der Waals surface area contributed by atoms with Crippen LogP contribution in [-0.4, -0.2) is 30.8 Å². The van der Waals surface area contributed by atoms with Gasteiger partial charge in [-0.15, -0.1) is 0 Å². The van der Waals surface area contributed by atoms with Crippen LogP contribution in [-0.2, 0) is 4.79 Å². The number of benzene rings is 1. The van der Waals surface area contributed by atoms with E-state index in [-0.39, 0.29) is 24.5 Å². The smallest absolute Gasteiger partial charge is 0.257 e. The lowest BCUT2D eigenvalue weighted by Gasteiger charge is -2.14. The zero-order valence-electron chi connectivity index (χ0n) is 11.3. The fourth-order valence-corrected chi connectivity index (χ4v) is 2.12. The number of amides is 1. The molecule has 0 atom stereocenters. The van der Waals surface area contributed by atoms with Gasteiger partial charge in [-0.2, -0.15) is 0 Å². The first-order valence-electron chi connectivity index (χ1n) is 6.71. The number of hydrogen-bond acceptors (Lipinski definition) is 3. The standard InChI is InChI=1S/C15H21NO3/c1-12-3-2-4-13(9-12)19-10-14(18)16-11-15(5-6-15)7-8-17/h2-4,9,17H,5-8,10-11H2,1H3,(H,16,18). The van der Waals surface area contributed by atoms with E-state index in [1.165, 1.54) is 0 Å². The van der Waals surface area contributed by atoms with Crippen molar-refractivity contribution in [1.29, 1.82) is 0 Å². The van der Waals surface area contributed by atoms with Crippen LogP contribution in [0.2, 0.25) is 0 Å². The van der Waals surface area contributed by atoms with Crippen LogP contribution in [0.3, 0.4) is 0 Å². The average Bonchev–Trinajstić information content (AvgIpc) is 3.15. The summed E-state index contributed by atoms with van der Waals surface area (Å²) in [7, 11) is 0. The number of ether oxygens (including phenoxy) is 1. The summed E-state index contributed by atoms with van der Waals surface area (Å²) in [6, 6.07) is 7.64. The van der Waals surface area contributed by atoms with E-state index >= 15 is 0 Å². The Bertz CT molecular complexity index is 441. The van der Waals surface area contributed by atoms with E-state index in [9.17, 15) is 4.79 Å². The number of hydrogen-bond donors (Lipinski definition) is 2. The number of aliphatic hydroxyl groups is 1. The van der Waals surface area contributed by atoms with Gasteiger partial charge in [0, 0.05) is 13.2 Å². The Morgan fingerprint density at radius 2 is 2.26 bits per heavy atom. The molecule has 19 heavy (non-hydrogen) atoms. The Balaban J connectivity index is 1.70. The number of aryl methyl sites for hydroxylation is 1. The van der Waals surface area contributed by atoms with E-state index in [1.807, 2.05) is 31.2 Å². The number of carbonyl (C=O) groups excluding carboxylic acids is 1.